The van der Waals surface area contributed by atoms with Gasteiger partial charge in [-0.15, -0.1) is 11.3 Å². The van der Waals surface area contributed by atoms with Crippen LogP contribution in [0.2, 0.25) is 5.02 Å². The summed E-state index contributed by atoms with van der Waals surface area (Å²) in [6.45, 7) is 9.18. The maximum Gasteiger partial charge on any atom is 0.0827 e. The van der Waals surface area contributed by atoms with Gasteiger partial charge >= 0.3 is 0 Å². The van der Waals surface area contributed by atoms with E-state index in [1.54, 1.807) is 11.3 Å². The first-order valence-electron chi connectivity index (χ1n) is 6.72. The van der Waals surface area contributed by atoms with Crippen LogP contribution in [0.3, 0.4) is 0 Å². The number of nitrogens with one attached hydrogen (secondary N) is 1. The Balaban J connectivity index is 2.23. The Hall–Kier alpha value is -2.04. The van der Waals surface area contributed by atoms with Crippen molar-refractivity contribution in [3.63, 3.8) is 0 Å². The van der Waals surface area contributed by atoms with Crippen molar-refractivity contribution in [1.82, 2.24) is 5.43 Å². The molecule has 0 amide bonds. The van der Waals surface area contributed by atoms with Crippen LogP contribution in [0.5, 0.6) is 0 Å². The molecule has 2 rings (SSSR count). The molecule has 0 atom stereocenters. The fraction of sp³-hybridized carbons (Fsp3) is 0.118. The number of halogens is 1. The Morgan fingerprint density at radius 1 is 1.27 bits per heavy atom. The fourth-order valence-corrected chi connectivity index (χ4v) is 3.25. The summed E-state index contributed by atoms with van der Waals surface area (Å²) in [4.78, 5) is 2.40. The van der Waals surface area contributed by atoms with Gasteiger partial charge in [0.05, 0.1) is 5.70 Å². The summed E-state index contributed by atoms with van der Waals surface area (Å²) in [6.07, 6.45) is 0.876. The molecule has 0 saturated heterocycles. The summed E-state index contributed by atoms with van der Waals surface area (Å²) in [7, 11) is 0. The van der Waals surface area contributed by atoms with Crippen LogP contribution in [-0.2, 0) is 6.42 Å². The lowest BCUT2D eigenvalue weighted by Crippen LogP contribution is -2.13. The van der Waals surface area contributed by atoms with Crippen molar-refractivity contribution in [2.75, 3.05) is 0 Å². The van der Waals surface area contributed by atoms with Gasteiger partial charge in [0.2, 0.25) is 0 Å². The van der Waals surface area contributed by atoms with Gasteiger partial charge in [-0.1, -0.05) is 30.3 Å². The number of benzene rings is 1. The van der Waals surface area contributed by atoms with Crippen molar-refractivity contribution in [3.8, 4) is 0 Å². The molecule has 1 aromatic carbocycles. The average molecular weight is 332 g/mol. The minimum Gasteiger partial charge on any atom is -0.397 e. The fourth-order valence-electron chi connectivity index (χ4n) is 2.08. The standard InChI is InChI=1S/C17H18ClN3S/c1-11(17(12(2)19)21-20-3)16-9-8-15(22-16)10-13-4-6-14(18)7-5-13/h4-9,21H,2-3,10,19H2,1H3/b17-11+. The molecular weight excluding hydrogens is 314 g/mol. The smallest absolute Gasteiger partial charge is 0.0827 e. The van der Waals surface area contributed by atoms with Gasteiger partial charge in [-0.05, 0) is 42.3 Å². The molecule has 5 heteroatoms. The number of thiophene rings is 1. The second-order valence-electron chi connectivity index (χ2n) is 4.86. The third kappa shape index (κ3) is 4.00. The molecule has 1 aromatic heterocycles. The lowest BCUT2D eigenvalue weighted by atomic mass is 10.1. The number of hydrogen-bond donors (Lipinski definition) is 2. The van der Waals surface area contributed by atoms with Crippen molar-refractivity contribution in [2.45, 2.75) is 13.3 Å². The summed E-state index contributed by atoms with van der Waals surface area (Å²) >= 11 is 7.63. The minimum atomic E-state index is 0.442. The minimum absolute atomic E-state index is 0.442. The van der Waals surface area contributed by atoms with Gasteiger partial charge in [0.25, 0.3) is 0 Å². The molecule has 1 heterocycles. The quantitative estimate of drug-likeness (QED) is 0.468. The van der Waals surface area contributed by atoms with E-state index in [0.717, 1.165) is 21.9 Å². The van der Waals surface area contributed by atoms with E-state index in [2.05, 4.69) is 36.0 Å². The molecule has 0 bridgehead atoms. The largest absolute Gasteiger partial charge is 0.397 e. The number of hydrogen-bond acceptors (Lipinski definition) is 4. The Kier molecular flexibility index (Phi) is 5.41. The van der Waals surface area contributed by atoms with Crippen molar-refractivity contribution < 1.29 is 0 Å². The summed E-state index contributed by atoms with van der Waals surface area (Å²) in [5.41, 5.74) is 12.0. The lowest BCUT2D eigenvalue weighted by molar-refractivity contribution is 0.905. The average Bonchev–Trinajstić information content (AvgIpc) is 2.95. The summed E-state index contributed by atoms with van der Waals surface area (Å²) in [5.74, 6) is 0. The van der Waals surface area contributed by atoms with Crippen molar-refractivity contribution >= 4 is 35.2 Å². The van der Waals surface area contributed by atoms with E-state index in [1.165, 1.54) is 10.4 Å². The molecule has 3 N–H and O–H groups in total. The molecule has 0 spiro atoms. The highest BCUT2D eigenvalue weighted by Crippen LogP contribution is 2.28. The number of hydrazone groups is 1. The Morgan fingerprint density at radius 2 is 1.95 bits per heavy atom. The first-order chi connectivity index (χ1) is 10.5. The second kappa shape index (κ2) is 7.29. The molecule has 0 saturated carbocycles. The zero-order valence-corrected chi connectivity index (χ0v) is 14.0. The summed E-state index contributed by atoms with van der Waals surface area (Å²) in [5, 5.41) is 4.43. The topological polar surface area (TPSA) is 50.4 Å². The monoisotopic (exact) mass is 331 g/mol. The normalized spacial score (nSPS) is 11.7. The van der Waals surface area contributed by atoms with Crippen molar-refractivity contribution in [2.24, 2.45) is 10.8 Å². The van der Waals surface area contributed by atoms with Crippen LogP contribution in [0.4, 0.5) is 0 Å². The lowest BCUT2D eigenvalue weighted by Gasteiger charge is -2.09. The predicted octanol–water partition coefficient (Wildman–Crippen LogP) is 4.40. The first-order valence-corrected chi connectivity index (χ1v) is 7.91. The predicted molar refractivity (Wildman–Crippen MR) is 97.2 cm³/mol. The number of nitrogens with zero attached hydrogens (tertiary/aromatic N) is 1. The highest BCUT2D eigenvalue weighted by Gasteiger charge is 2.09. The van der Waals surface area contributed by atoms with Gasteiger partial charge in [-0.2, -0.15) is 5.10 Å². The van der Waals surface area contributed by atoms with Gasteiger partial charge in [0, 0.05) is 33.6 Å². The first kappa shape index (κ1) is 16.3. The van der Waals surface area contributed by atoms with E-state index in [1.807, 2.05) is 31.2 Å². The molecule has 0 aliphatic heterocycles. The molecule has 22 heavy (non-hydrogen) atoms. The van der Waals surface area contributed by atoms with E-state index < -0.39 is 0 Å². The van der Waals surface area contributed by atoms with E-state index in [0.29, 0.717) is 11.4 Å². The summed E-state index contributed by atoms with van der Waals surface area (Å²) < 4.78 is 0. The highest BCUT2D eigenvalue weighted by atomic mass is 35.5. The van der Waals surface area contributed by atoms with E-state index in [4.69, 9.17) is 17.3 Å². The van der Waals surface area contributed by atoms with Crippen LogP contribution in [-0.4, -0.2) is 6.72 Å². The van der Waals surface area contributed by atoms with E-state index in [9.17, 15) is 0 Å². The van der Waals surface area contributed by atoms with Gasteiger partial charge in [-0.3, -0.25) is 5.43 Å². The number of nitrogens with two attached hydrogens (primary N) is 1. The molecule has 2 aromatic rings. The Morgan fingerprint density at radius 3 is 2.55 bits per heavy atom. The number of rotatable bonds is 6. The third-order valence-electron chi connectivity index (χ3n) is 3.21. The van der Waals surface area contributed by atoms with Gasteiger partial charge < -0.3 is 5.73 Å². The molecular formula is C17H18ClN3S. The molecule has 0 radical (unpaired) electrons. The Bertz CT molecular complexity index is 714. The Labute approximate surface area is 139 Å². The number of allylic oxidation sites excluding steroid dienone is 1. The van der Waals surface area contributed by atoms with Gasteiger partial charge in [0.15, 0.2) is 0 Å². The molecule has 0 unspecified atom stereocenters. The van der Waals surface area contributed by atoms with Crippen LogP contribution >= 0.6 is 22.9 Å². The maximum absolute atomic E-state index is 5.91. The van der Waals surface area contributed by atoms with Crippen molar-refractivity contribution in [3.05, 3.63) is 74.7 Å². The zero-order chi connectivity index (χ0) is 16.1. The molecule has 114 valence electrons. The van der Waals surface area contributed by atoms with Gasteiger partial charge in [0.1, 0.15) is 0 Å². The van der Waals surface area contributed by atoms with Crippen LogP contribution < -0.4 is 11.2 Å². The van der Waals surface area contributed by atoms with Crippen LogP contribution in [0, 0.1) is 0 Å². The second-order valence-corrected chi connectivity index (χ2v) is 6.47. The van der Waals surface area contributed by atoms with E-state index >= 15 is 0 Å². The van der Waals surface area contributed by atoms with Crippen LogP contribution in [0.25, 0.3) is 5.57 Å². The van der Waals surface area contributed by atoms with Crippen molar-refractivity contribution in [1.29, 1.82) is 0 Å². The molecule has 0 aliphatic rings. The van der Waals surface area contributed by atoms with E-state index in [-0.39, 0.29) is 0 Å². The SMILES string of the molecule is C=NN/C(C(=C)N)=C(\C)c1ccc(Cc2ccc(Cl)cc2)s1. The third-order valence-corrected chi connectivity index (χ3v) is 4.67. The molecule has 0 aliphatic carbocycles. The molecule has 3 nitrogen and oxygen atoms in total. The molecule has 0 fully saturated rings. The maximum atomic E-state index is 5.91. The van der Waals surface area contributed by atoms with Gasteiger partial charge in [-0.25, -0.2) is 0 Å². The highest BCUT2D eigenvalue weighted by molar-refractivity contribution is 7.13. The summed E-state index contributed by atoms with van der Waals surface area (Å²) in [6, 6.07) is 12.1. The van der Waals surface area contributed by atoms with Crippen LogP contribution in [0.1, 0.15) is 22.2 Å². The van der Waals surface area contributed by atoms with Crippen LogP contribution in [0.15, 0.2) is 59.5 Å². The zero-order valence-electron chi connectivity index (χ0n) is 12.4.